The third-order valence-corrected chi connectivity index (χ3v) is 3.77. The van der Waals surface area contributed by atoms with Gasteiger partial charge in [-0.3, -0.25) is 0 Å². The molecule has 0 aliphatic carbocycles. The fourth-order valence-corrected chi connectivity index (χ4v) is 2.58. The molecule has 0 unspecified atom stereocenters. The van der Waals surface area contributed by atoms with E-state index in [-0.39, 0.29) is 0 Å². The van der Waals surface area contributed by atoms with Gasteiger partial charge in [0.2, 0.25) is 5.69 Å². The lowest BCUT2D eigenvalue weighted by Crippen LogP contribution is -2.68. The topological polar surface area (TPSA) is 99.4 Å². The van der Waals surface area contributed by atoms with Crippen molar-refractivity contribution in [2.24, 2.45) is 7.05 Å². The maximum absolute atomic E-state index is 8.49. The monoisotopic (exact) mass is 350 g/mol. The van der Waals surface area contributed by atoms with E-state index in [0.717, 1.165) is 13.0 Å². The van der Waals surface area contributed by atoms with Crippen molar-refractivity contribution in [3.05, 3.63) is 59.4 Å². The van der Waals surface area contributed by atoms with E-state index in [1.807, 2.05) is 6.07 Å². The van der Waals surface area contributed by atoms with Gasteiger partial charge in [-0.2, -0.15) is 0 Å². The van der Waals surface area contributed by atoms with Crippen molar-refractivity contribution in [1.29, 1.82) is 0 Å². The highest BCUT2D eigenvalue weighted by Crippen LogP contribution is 2.27. The van der Waals surface area contributed by atoms with E-state index < -0.39 is 10.2 Å². The van der Waals surface area contributed by atoms with Gasteiger partial charge in [-0.05, 0) is 41.8 Å². The summed E-state index contributed by atoms with van der Waals surface area (Å²) in [6.45, 7) is 1.14. The Morgan fingerprint density at radius 3 is 2.46 bits per heavy atom. The zero-order valence-electron chi connectivity index (χ0n) is 13.5. The quantitative estimate of drug-likeness (QED) is 0.579. The van der Waals surface area contributed by atoms with Gasteiger partial charge >= 0.3 is 0 Å². The summed E-state index contributed by atoms with van der Waals surface area (Å²) in [5.41, 5.74) is 5.32. The van der Waals surface area contributed by atoms with E-state index in [4.69, 9.17) is 18.6 Å². The number of hydrogen-bond donors (Lipinski definition) is 0. The number of nitrogens with zero attached hydrogens (tertiary/aromatic N) is 2. The molecule has 0 N–H and O–H groups in total. The normalized spacial score (nSPS) is 13.7. The zero-order chi connectivity index (χ0) is 17.7. The van der Waals surface area contributed by atoms with Gasteiger partial charge in [-0.15, -0.1) is 10.2 Å². The van der Waals surface area contributed by atoms with Crippen molar-refractivity contribution in [2.45, 2.75) is 6.42 Å². The minimum atomic E-state index is -4.94. The Morgan fingerprint density at radius 1 is 1.08 bits per heavy atom. The van der Waals surface area contributed by atoms with Crippen molar-refractivity contribution in [3.63, 3.8) is 0 Å². The first-order valence-electron chi connectivity index (χ1n) is 7.32. The average molecular weight is 351 g/mol. The van der Waals surface area contributed by atoms with Crippen LogP contribution in [0.25, 0.3) is 12.2 Å². The van der Waals surface area contributed by atoms with Crippen LogP contribution in [0.15, 0.2) is 42.6 Å². The molecule has 0 bridgehead atoms. The highest BCUT2D eigenvalue weighted by molar-refractivity contribution is 5.70. The number of aromatic nitrogens is 1. The largest absolute Gasteiger partial charge is 0.374 e. The van der Waals surface area contributed by atoms with Crippen LogP contribution in [0.5, 0.6) is 0 Å². The summed E-state index contributed by atoms with van der Waals surface area (Å²) in [4.78, 5) is 2.32. The first-order valence-corrected chi connectivity index (χ1v) is 8.56. The Kier molecular flexibility index (Phi) is 5.93. The van der Waals surface area contributed by atoms with E-state index in [9.17, 15) is 0 Å². The van der Waals surface area contributed by atoms with E-state index in [1.165, 1.54) is 22.5 Å². The lowest BCUT2D eigenvalue weighted by molar-refractivity contribution is -2.00. The number of fused-ring (bicyclic) bond motifs is 1. The second-order valence-corrected chi connectivity index (χ2v) is 6.26. The van der Waals surface area contributed by atoms with Gasteiger partial charge in [0, 0.05) is 37.5 Å². The van der Waals surface area contributed by atoms with E-state index >= 15 is 0 Å². The third kappa shape index (κ3) is 5.59. The molecule has 0 radical (unpaired) electrons. The van der Waals surface area contributed by atoms with Crippen LogP contribution in [0.3, 0.4) is 0 Å². The van der Waals surface area contributed by atoms with Gasteiger partial charge in [-0.25, -0.2) is 23.2 Å². The van der Waals surface area contributed by atoms with Crippen molar-refractivity contribution >= 4 is 17.8 Å². The molecule has 1 aromatic heterocycles. The van der Waals surface area contributed by atoms with Crippen LogP contribution in [0, 0.1) is 10.2 Å². The second kappa shape index (κ2) is 7.74. The molecule has 1 aliphatic heterocycles. The molecule has 24 heavy (non-hydrogen) atoms. The van der Waals surface area contributed by atoms with Gasteiger partial charge in [-0.1, -0.05) is 6.07 Å². The maximum atomic E-state index is 8.49. The molecule has 1 aromatic carbocycles. The lowest BCUT2D eigenvalue weighted by atomic mass is 10.1. The smallest absolute Gasteiger partial charge is 0.204 e. The van der Waals surface area contributed by atoms with Crippen LogP contribution in [0.1, 0.15) is 16.8 Å². The molecule has 0 saturated carbocycles. The lowest BCUT2D eigenvalue weighted by Gasteiger charge is -2.17. The molecule has 2 heterocycles. The van der Waals surface area contributed by atoms with E-state index in [2.05, 4.69) is 72.2 Å². The SMILES string of the molecule is CN1CCc2cc(/C=C/c3cccc[n+]3C)ccc21.[O-][Cl+3]([O-])([O-])[O-]. The molecule has 2 aromatic rings. The summed E-state index contributed by atoms with van der Waals surface area (Å²) in [5, 5.41) is 0. The number of hydrogen-bond acceptors (Lipinski definition) is 5. The molecule has 0 saturated heterocycles. The molecule has 3 rings (SSSR count). The van der Waals surface area contributed by atoms with Crippen molar-refractivity contribution in [2.75, 3.05) is 18.5 Å². The van der Waals surface area contributed by atoms with Gasteiger partial charge in [0.25, 0.3) is 0 Å². The van der Waals surface area contributed by atoms with Gasteiger partial charge in [0.05, 0.1) is 0 Å². The predicted octanol–water partition coefficient (Wildman–Crippen LogP) is -2.08. The van der Waals surface area contributed by atoms with Gasteiger partial charge in [0.15, 0.2) is 6.20 Å². The Morgan fingerprint density at radius 2 is 1.79 bits per heavy atom. The van der Waals surface area contributed by atoms with Crippen LogP contribution < -0.4 is 28.1 Å². The van der Waals surface area contributed by atoms with Crippen LogP contribution in [0.2, 0.25) is 0 Å². The number of benzene rings is 1. The highest BCUT2D eigenvalue weighted by Gasteiger charge is 2.14. The molecular formula is C17H19ClN2O4. The molecule has 0 amide bonds. The fraction of sp³-hybridized carbons (Fsp3) is 0.235. The van der Waals surface area contributed by atoms with Crippen LogP contribution in [0.4, 0.5) is 5.69 Å². The number of likely N-dealkylation sites (N-methyl/N-ethyl adjacent to an activating group) is 1. The maximum Gasteiger partial charge on any atom is 0.204 e. The summed E-state index contributed by atoms with van der Waals surface area (Å²) in [6, 6.07) is 13.0. The summed E-state index contributed by atoms with van der Waals surface area (Å²) in [5.74, 6) is 0. The number of anilines is 1. The predicted molar refractivity (Wildman–Crippen MR) is 80.0 cm³/mol. The fourth-order valence-electron chi connectivity index (χ4n) is 2.58. The first-order chi connectivity index (χ1) is 11.2. The zero-order valence-corrected chi connectivity index (χ0v) is 14.3. The van der Waals surface area contributed by atoms with Gasteiger partial charge < -0.3 is 4.90 Å². The molecule has 6 nitrogen and oxygen atoms in total. The van der Waals surface area contributed by atoms with Crippen molar-refractivity contribution < 1.29 is 33.4 Å². The molecule has 128 valence electrons. The number of rotatable bonds is 2. The molecule has 7 heteroatoms. The first kappa shape index (κ1) is 18.4. The second-order valence-electron chi connectivity index (χ2n) is 5.51. The summed E-state index contributed by atoms with van der Waals surface area (Å²) in [7, 11) is -0.720. The minimum absolute atomic E-state index is 1.14. The highest BCUT2D eigenvalue weighted by atomic mass is 35.7. The van der Waals surface area contributed by atoms with Crippen LogP contribution in [-0.2, 0) is 13.5 Å². The Labute approximate surface area is 143 Å². The van der Waals surface area contributed by atoms with Crippen molar-refractivity contribution in [1.82, 2.24) is 0 Å². The number of pyridine rings is 1. The van der Waals surface area contributed by atoms with Crippen molar-refractivity contribution in [3.8, 4) is 0 Å². The van der Waals surface area contributed by atoms with E-state index in [1.54, 1.807) is 0 Å². The summed E-state index contributed by atoms with van der Waals surface area (Å²) >= 11 is 0. The number of aryl methyl sites for hydroxylation is 1. The number of halogens is 1. The average Bonchev–Trinajstić information content (AvgIpc) is 2.86. The third-order valence-electron chi connectivity index (χ3n) is 3.77. The van der Waals surface area contributed by atoms with Crippen LogP contribution in [-0.4, -0.2) is 13.6 Å². The summed E-state index contributed by atoms with van der Waals surface area (Å²) < 4.78 is 36.1. The Bertz CT molecular complexity index is 723. The molecule has 0 fully saturated rings. The van der Waals surface area contributed by atoms with E-state index in [0.29, 0.717) is 0 Å². The molecule has 0 atom stereocenters. The molecule has 0 spiro atoms. The minimum Gasteiger partial charge on any atom is -0.374 e. The molecular weight excluding hydrogens is 332 g/mol. The summed E-state index contributed by atoms with van der Waals surface area (Å²) in [6.07, 6.45) is 7.58. The van der Waals surface area contributed by atoms with Crippen LogP contribution >= 0.6 is 0 Å². The van der Waals surface area contributed by atoms with Gasteiger partial charge in [0.1, 0.15) is 7.05 Å². The molecule has 1 aliphatic rings. The Balaban J connectivity index is 0.000000368. The Hall–Kier alpha value is -1.96. The standard InChI is InChI=1S/C17H19N2.ClHO4/c1-18-11-4-3-5-16(18)8-6-14-7-9-17-15(13-14)10-12-19(17)2;2-1(3,4)5/h3-9,11,13H,10,12H2,1-2H3;(H,2,3,4,5)/q+1;/p-1.